The van der Waals surface area contributed by atoms with Gasteiger partial charge in [0, 0.05) is 19.8 Å². The standard InChI is InChI=1S/C11H24N2O2/c1-3-7-15-9-10(13-12)8-11(14-2)5-4-6-11/h10,13H,3-9,12H2,1-2H3. The highest BCUT2D eigenvalue weighted by molar-refractivity contribution is 4.92. The summed E-state index contributed by atoms with van der Waals surface area (Å²) >= 11 is 0. The number of nitrogens with two attached hydrogens (primary N) is 1. The number of hydrazine groups is 1. The lowest BCUT2D eigenvalue weighted by Crippen LogP contribution is -2.49. The maximum Gasteiger partial charge on any atom is 0.0695 e. The molecule has 1 rings (SSSR count). The molecule has 3 N–H and O–H groups in total. The average Bonchev–Trinajstić information content (AvgIpc) is 2.21. The molecule has 0 amide bonds. The molecule has 0 aromatic rings. The molecule has 1 aliphatic rings. The summed E-state index contributed by atoms with van der Waals surface area (Å²) in [7, 11) is 1.79. The fourth-order valence-electron chi connectivity index (χ4n) is 2.05. The van der Waals surface area contributed by atoms with Gasteiger partial charge in [0.15, 0.2) is 0 Å². The normalized spacial score (nSPS) is 21.0. The topological polar surface area (TPSA) is 56.5 Å². The zero-order valence-corrected chi connectivity index (χ0v) is 9.92. The zero-order valence-electron chi connectivity index (χ0n) is 9.92. The number of hydrogen-bond donors (Lipinski definition) is 2. The first kappa shape index (κ1) is 12.9. The summed E-state index contributed by atoms with van der Waals surface area (Å²) in [5.41, 5.74) is 2.88. The Balaban J connectivity index is 2.25. The van der Waals surface area contributed by atoms with E-state index in [1.54, 1.807) is 7.11 Å². The Hall–Kier alpha value is -0.160. The summed E-state index contributed by atoms with van der Waals surface area (Å²) < 4.78 is 11.1. The molecule has 1 unspecified atom stereocenters. The van der Waals surface area contributed by atoms with Gasteiger partial charge >= 0.3 is 0 Å². The van der Waals surface area contributed by atoms with E-state index in [2.05, 4.69) is 12.3 Å². The molecule has 1 aliphatic carbocycles. The van der Waals surface area contributed by atoms with Crippen molar-refractivity contribution in [1.82, 2.24) is 5.43 Å². The van der Waals surface area contributed by atoms with E-state index in [1.165, 1.54) is 6.42 Å². The van der Waals surface area contributed by atoms with Crippen molar-refractivity contribution >= 4 is 0 Å². The molecule has 1 atom stereocenters. The first-order valence-electron chi connectivity index (χ1n) is 5.85. The van der Waals surface area contributed by atoms with Crippen molar-refractivity contribution in [3.8, 4) is 0 Å². The Bertz CT molecular complexity index is 166. The Morgan fingerprint density at radius 1 is 1.47 bits per heavy atom. The molecular formula is C11H24N2O2. The maximum absolute atomic E-state index is 5.56. The molecule has 90 valence electrons. The lowest BCUT2D eigenvalue weighted by Gasteiger charge is -2.42. The van der Waals surface area contributed by atoms with Crippen LogP contribution in [0.1, 0.15) is 39.0 Å². The fourth-order valence-corrected chi connectivity index (χ4v) is 2.05. The highest BCUT2D eigenvalue weighted by Gasteiger charge is 2.38. The number of hydrogen-bond acceptors (Lipinski definition) is 4. The average molecular weight is 216 g/mol. The highest BCUT2D eigenvalue weighted by atomic mass is 16.5. The van der Waals surface area contributed by atoms with Crippen LogP contribution in [0.25, 0.3) is 0 Å². The van der Waals surface area contributed by atoms with Gasteiger partial charge in [-0.2, -0.15) is 0 Å². The lowest BCUT2D eigenvalue weighted by molar-refractivity contribution is -0.0882. The van der Waals surface area contributed by atoms with E-state index in [0.717, 1.165) is 32.3 Å². The van der Waals surface area contributed by atoms with Gasteiger partial charge in [-0.25, -0.2) is 0 Å². The SMILES string of the molecule is CCCOCC(CC1(OC)CCC1)NN. The largest absolute Gasteiger partial charge is 0.380 e. The first-order chi connectivity index (χ1) is 7.26. The van der Waals surface area contributed by atoms with Crippen molar-refractivity contribution in [3.05, 3.63) is 0 Å². The number of methoxy groups -OCH3 is 1. The lowest BCUT2D eigenvalue weighted by atomic mass is 9.76. The predicted octanol–water partition coefficient (Wildman–Crippen LogP) is 1.20. The third-order valence-electron chi connectivity index (χ3n) is 3.22. The van der Waals surface area contributed by atoms with E-state index in [0.29, 0.717) is 6.61 Å². The van der Waals surface area contributed by atoms with Gasteiger partial charge in [0.1, 0.15) is 0 Å². The van der Waals surface area contributed by atoms with E-state index in [4.69, 9.17) is 15.3 Å². The molecule has 0 aromatic carbocycles. The third kappa shape index (κ3) is 3.72. The van der Waals surface area contributed by atoms with Crippen LogP contribution in [0, 0.1) is 0 Å². The van der Waals surface area contributed by atoms with Crippen LogP contribution in [0.4, 0.5) is 0 Å². The highest BCUT2D eigenvalue weighted by Crippen LogP contribution is 2.38. The van der Waals surface area contributed by atoms with Crippen LogP contribution in [0.5, 0.6) is 0 Å². The quantitative estimate of drug-likeness (QED) is 0.364. The number of rotatable bonds is 8. The minimum atomic E-state index is 0.0621. The van der Waals surface area contributed by atoms with Crippen LogP contribution < -0.4 is 11.3 Å². The van der Waals surface area contributed by atoms with Crippen molar-refractivity contribution in [2.75, 3.05) is 20.3 Å². The smallest absolute Gasteiger partial charge is 0.0695 e. The third-order valence-corrected chi connectivity index (χ3v) is 3.22. The molecular weight excluding hydrogens is 192 g/mol. The molecule has 0 aromatic heterocycles. The molecule has 4 nitrogen and oxygen atoms in total. The van der Waals surface area contributed by atoms with Gasteiger partial charge in [-0.1, -0.05) is 6.92 Å². The van der Waals surface area contributed by atoms with Crippen molar-refractivity contribution in [2.24, 2.45) is 5.84 Å². The monoisotopic (exact) mass is 216 g/mol. The van der Waals surface area contributed by atoms with Crippen LogP contribution in [-0.2, 0) is 9.47 Å². The summed E-state index contributed by atoms with van der Waals surface area (Å²) in [6.45, 7) is 3.58. The van der Waals surface area contributed by atoms with Crippen LogP contribution in [0.2, 0.25) is 0 Å². The Kier molecular flexibility index (Phi) is 5.53. The molecule has 1 fully saturated rings. The fraction of sp³-hybridized carbons (Fsp3) is 1.00. The van der Waals surface area contributed by atoms with Gasteiger partial charge in [-0.15, -0.1) is 0 Å². The van der Waals surface area contributed by atoms with Crippen LogP contribution >= 0.6 is 0 Å². The molecule has 0 heterocycles. The molecule has 0 saturated heterocycles. The second kappa shape index (κ2) is 6.43. The van der Waals surface area contributed by atoms with Crippen molar-refractivity contribution in [1.29, 1.82) is 0 Å². The molecule has 0 bridgehead atoms. The van der Waals surface area contributed by atoms with E-state index >= 15 is 0 Å². The first-order valence-corrected chi connectivity index (χ1v) is 5.85. The summed E-state index contributed by atoms with van der Waals surface area (Å²) in [4.78, 5) is 0. The second-order valence-corrected chi connectivity index (χ2v) is 4.38. The van der Waals surface area contributed by atoms with Crippen LogP contribution in [0.15, 0.2) is 0 Å². The van der Waals surface area contributed by atoms with Gasteiger partial charge in [0.2, 0.25) is 0 Å². The van der Waals surface area contributed by atoms with E-state index in [-0.39, 0.29) is 11.6 Å². The van der Waals surface area contributed by atoms with E-state index in [1.807, 2.05) is 0 Å². The Morgan fingerprint density at radius 2 is 2.20 bits per heavy atom. The second-order valence-electron chi connectivity index (χ2n) is 4.38. The van der Waals surface area contributed by atoms with Crippen LogP contribution in [-0.4, -0.2) is 32.0 Å². The molecule has 0 spiro atoms. The van der Waals surface area contributed by atoms with Gasteiger partial charge in [0.25, 0.3) is 0 Å². The molecule has 0 aliphatic heterocycles. The molecule has 0 radical (unpaired) electrons. The van der Waals surface area contributed by atoms with Gasteiger partial charge < -0.3 is 9.47 Å². The Morgan fingerprint density at radius 3 is 2.60 bits per heavy atom. The summed E-state index contributed by atoms with van der Waals surface area (Å²) in [6.07, 6.45) is 5.56. The molecule has 1 saturated carbocycles. The minimum Gasteiger partial charge on any atom is -0.380 e. The molecule has 15 heavy (non-hydrogen) atoms. The maximum atomic E-state index is 5.56. The van der Waals surface area contributed by atoms with Crippen LogP contribution in [0.3, 0.4) is 0 Å². The van der Waals surface area contributed by atoms with Crippen molar-refractivity contribution in [3.63, 3.8) is 0 Å². The summed E-state index contributed by atoms with van der Waals surface area (Å²) in [6, 6.07) is 0.205. The predicted molar refractivity (Wildman–Crippen MR) is 60.4 cm³/mol. The number of ether oxygens (including phenoxy) is 2. The minimum absolute atomic E-state index is 0.0621. The number of nitrogens with one attached hydrogen (secondary N) is 1. The van der Waals surface area contributed by atoms with Gasteiger partial charge in [0.05, 0.1) is 12.2 Å². The summed E-state index contributed by atoms with van der Waals surface area (Å²) in [5.74, 6) is 5.51. The molecule has 4 heteroatoms. The van der Waals surface area contributed by atoms with E-state index < -0.39 is 0 Å². The van der Waals surface area contributed by atoms with Crippen molar-refractivity contribution in [2.45, 2.75) is 50.7 Å². The van der Waals surface area contributed by atoms with Crippen molar-refractivity contribution < 1.29 is 9.47 Å². The zero-order chi connectivity index (χ0) is 11.1. The summed E-state index contributed by atoms with van der Waals surface area (Å²) in [5, 5.41) is 0. The Labute approximate surface area is 92.5 Å². The van der Waals surface area contributed by atoms with E-state index in [9.17, 15) is 0 Å². The van der Waals surface area contributed by atoms with Gasteiger partial charge in [-0.3, -0.25) is 11.3 Å². The van der Waals surface area contributed by atoms with Gasteiger partial charge in [-0.05, 0) is 32.1 Å².